The number of nitrogens with one attached hydrogen (secondary N) is 1. The lowest BCUT2D eigenvalue weighted by atomic mass is 9.84. The molecule has 0 spiro atoms. The Labute approximate surface area is 97.1 Å². The molecule has 1 aromatic rings. The number of carbonyl (C=O) groups is 1. The highest BCUT2D eigenvalue weighted by molar-refractivity contribution is 5.48. The van der Waals surface area contributed by atoms with Crippen LogP contribution in [0.3, 0.4) is 0 Å². The van der Waals surface area contributed by atoms with Crippen LogP contribution in [0.1, 0.15) is 31.7 Å². The van der Waals surface area contributed by atoms with E-state index in [1.807, 2.05) is 6.07 Å². The number of amides is 1. The highest BCUT2D eigenvalue weighted by Gasteiger charge is 2.37. The van der Waals surface area contributed by atoms with Gasteiger partial charge in [0.05, 0.1) is 0 Å². The van der Waals surface area contributed by atoms with Crippen LogP contribution in [0.5, 0.6) is 0 Å². The van der Waals surface area contributed by atoms with Gasteiger partial charge in [-0.1, -0.05) is 36.8 Å². The standard InChI is InChI=1S/C14H19NO/c1-14(15-11-16)9-5-8-13(14)10-12-6-3-2-4-7-12/h2-4,6-7,11,13H,5,8-10H2,1H3,(H,15,16). The molecule has 0 bridgehead atoms. The summed E-state index contributed by atoms with van der Waals surface area (Å²) in [5, 5.41) is 3.01. The molecule has 0 aromatic heterocycles. The Balaban J connectivity index is 2.06. The summed E-state index contributed by atoms with van der Waals surface area (Å²) in [7, 11) is 0. The van der Waals surface area contributed by atoms with E-state index < -0.39 is 0 Å². The minimum Gasteiger partial charge on any atom is -0.353 e. The predicted molar refractivity (Wildman–Crippen MR) is 65.1 cm³/mol. The third kappa shape index (κ3) is 2.26. The Bertz CT molecular complexity index is 349. The first kappa shape index (κ1) is 11.2. The zero-order valence-corrected chi connectivity index (χ0v) is 9.78. The largest absolute Gasteiger partial charge is 0.353 e. The maximum atomic E-state index is 10.7. The smallest absolute Gasteiger partial charge is 0.207 e. The van der Waals surface area contributed by atoms with Gasteiger partial charge < -0.3 is 5.32 Å². The van der Waals surface area contributed by atoms with Gasteiger partial charge in [0.1, 0.15) is 0 Å². The quantitative estimate of drug-likeness (QED) is 0.771. The number of rotatable bonds is 4. The Morgan fingerprint density at radius 2 is 2.19 bits per heavy atom. The maximum absolute atomic E-state index is 10.7. The Morgan fingerprint density at radius 3 is 2.88 bits per heavy atom. The third-order valence-electron chi connectivity index (χ3n) is 3.86. The van der Waals surface area contributed by atoms with Gasteiger partial charge in [0.15, 0.2) is 0 Å². The molecule has 1 aromatic carbocycles. The van der Waals surface area contributed by atoms with Crippen LogP contribution < -0.4 is 5.32 Å². The number of hydrogen-bond acceptors (Lipinski definition) is 1. The third-order valence-corrected chi connectivity index (χ3v) is 3.86. The maximum Gasteiger partial charge on any atom is 0.207 e. The molecule has 0 saturated heterocycles. The van der Waals surface area contributed by atoms with E-state index in [-0.39, 0.29) is 5.54 Å². The van der Waals surface area contributed by atoms with Crippen LogP contribution in [0.2, 0.25) is 0 Å². The minimum absolute atomic E-state index is 0.00239. The lowest BCUT2D eigenvalue weighted by Crippen LogP contribution is -2.45. The van der Waals surface area contributed by atoms with Crippen LogP contribution in [0.15, 0.2) is 30.3 Å². The molecule has 2 rings (SSSR count). The fourth-order valence-corrected chi connectivity index (χ4v) is 2.79. The van der Waals surface area contributed by atoms with Crippen LogP contribution in [0.25, 0.3) is 0 Å². The van der Waals surface area contributed by atoms with Crippen LogP contribution >= 0.6 is 0 Å². The lowest BCUT2D eigenvalue weighted by Gasteiger charge is -2.31. The summed E-state index contributed by atoms with van der Waals surface area (Å²) in [5.74, 6) is 0.570. The summed E-state index contributed by atoms with van der Waals surface area (Å²) >= 11 is 0. The fourth-order valence-electron chi connectivity index (χ4n) is 2.79. The zero-order valence-electron chi connectivity index (χ0n) is 9.78. The highest BCUT2D eigenvalue weighted by Crippen LogP contribution is 2.37. The van der Waals surface area contributed by atoms with Crippen molar-refractivity contribution in [1.29, 1.82) is 0 Å². The van der Waals surface area contributed by atoms with E-state index in [2.05, 4.69) is 36.5 Å². The van der Waals surface area contributed by atoms with E-state index in [1.54, 1.807) is 0 Å². The molecule has 1 fully saturated rings. The van der Waals surface area contributed by atoms with Gasteiger partial charge in [-0.15, -0.1) is 0 Å². The summed E-state index contributed by atoms with van der Waals surface area (Å²) in [5.41, 5.74) is 1.37. The number of hydrogen-bond donors (Lipinski definition) is 1. The van der Waals surface area contributed by atoms with Crippen molar-refractivity contribution < 1.29 is 4.79 Å². The molecule has 1 aliphatic carbocycles. The summed E-state index contributed by atoms with van der Waals surface area (Å²) in [6, 6.07) is 10.5. The van der Waals surface area contributed by atoms with Gasteiger partial charge in [0.2, 0.25) is 6.41 Å². The van der Waals surface area contributed by atoms with Gasteiger partial charge in [-0.25, -0.2) is 0 Å². The van der Waals surface area contributed by atoms with E-state index in [9.17, 15) is 4.79 Å². The lowest BCUT2D eigenvalue weighted by molar-refractivity contribution is -0.111. The second kappa shape index (κ2) is 4.69. The Kier molecular flexibility index (Phi) is 3.28. The van der Waals surface area contributed by atoms with Crippen molar-refractivity contribution in [1.82, 2.24) is 5.32 Å². The Morgan fingerprint density at radius 1 is 1.44 bits per heavy atom. The van der Waals surface area contributed by atoms with Crippen molar-refractivity contribution in [3.8, 4) is 0 Å². The van der Waals surface area contributed by atoms with Gasteiger partial charge in [0, 0.05) is 5.54 Å². The van der Waals surface area contributed by atoms with E-state index in [0.29, 0.717) is 5.92 Å². The second-order valence-corrected chi connectivity index (χ2v) is 4.96. The summed E-state index contributed by atoms with van der Waals surface area (Å²) in [6.07, 6.45) is 5.45. The molecule has 1 amide bonds. The van der Waals surface area contributed by atoms with Crippen molar-refractivity contribution in [3.05, 3.63) is 35.9 Å². The molecule has 0 radical (unpaired) electrons. The highest BCUT2D eigenvalue weighted by atomic mass is 16.1. The summed E-state index contributed by atoms with van der Waals surface area (Å²) < 4.78 is 0. The zero-order chi connectivity index (χ0) is 11.4. The molecular formula is C14H19NO. The first-order valence-electron chi connectivity index (χ1n) is 6.00. The van der Waals surface area contributed by atoms with E-state index >= 15 is 0 Å². The first-order chi connectivity index (χ1) is 7.74. The molecule has 2 heteroatoms. The molecule has 2 nitrogen and oxygen atoms in total. The van der Waals surface area contributed by atoms with Crippen LogP contribution in [-0.2, 0) is 11.2 Å². The molecule has 2 unspecified atom stereocenters. The minimum atomic E-state index is -0.00239. The fraction of sp³-hybridized carbons (Fsp3) is 0.500. The van der Waals surface area contributed by atoms with Crippen molar-refractivity contribution in [3.63, 3.8) is 0 Å². The van der Waals surface area contributed by atoms with Gasteiger partial charge in [-0.2, -0.15) is 0 Å². The molecular weight excluding hydrogens is 198 g/mol. The van der Waals surface area contributed by atoms with Crippen LogP contribution in [0, 0.1) is 5.92 Å². The molecule has 0 heterocycles. The first-order valence-corrected chi connectivity index (χ1v) is 6.00. The Hall–Kier alpha value is -1.31. The summed E-state index contributed by atoms with van der Waals surface area (Å²) in [6.45, 7) is 2.17. The van der Waals surface area contributed by atoms with Crippen LogP contribution in [-0.4, -0.2) is 11.9 Å². The van der Waals surface area contributed by atoms with E-state index in [0.717, 1.165) is 19.3 Å². The number of carbonyl (C=O) groups excluding carboxylic acids is 1. The van der Waals surface area contributed by atoms with Crippen molar-refractivity contribution in [2.75, 3.05) is 0 Å². The SMILES string of the molecule is CC1(NC=O)CCCC1Cc1ccccc1. The molecule has 16 heavy (non-hydrogen) atoms. The molecule has 0 aliphatic heterocycles. The predicted octanol–water partition coefficient (Wildman–Crippen LogP) is 2.53. The van der Waals surface area contributed by atoms with Gasteiger partial charge in [-0.3, -0.25) is 4.79 Å². The molecule has 1 N–H and O–H groups in total. The van der Waals surface area contributed by atoms with E-state index in [1.165, 1.54) is 18.4 Å². The number of benzene rings is 1. The van der Waals surface area contributed by atoms with Gasteiger partial charge in [0.25, 0.3) is 0 Å². The van der Waals surface area contributed by atoms with Crippen molar-refractivity contribution in [2.24, 2.45) is 5.92 Å². The average molecular weight is 217 g/mol. The van der Waals surface area contributed by atoms with Gasteiger partial charge >= 0.3 is 0 Å². The normalized spacial score (nSPS) is 28.9. The molecule has 86 valence electrons. The van der Waals surface area contributed by atoms with Crippen molar-refractivity contribution >= 4 is 6.41 Å². The average Bonchev–Trinajstić information content (AvgIpc) is 2.62. The van der Waals surface area contributed by atoms with E-state index in [4.69, 9.17) is 0 Å². The van der Waals surface area contributed by atoms with Crippen molar-refractivity contribution in [2.45, 2.75) is 38.1 Å². The molecule has 2 atom stereocenters. The van der Waals surface area contributed by atoms with Crippen LogP contribution in [0.4, 0.5) is 0 Å². The topological polar surface area (TPSA) is 29.1 Å². The monoisotopic (exact) mass is 217 g/mol. The molecule has 1 aliphatic rings. The van der Waals surface area contributed by atoms with Gasteiger partial charge in [-0.05, 0) is 37.7 Å². The molecule has 1 saturated carbocycles. The summed E-state index contributed by atoms with van der Waals surface area (Å²) in [4.78, 5) is 10.7. The second-order valence-electron chi connectivity index (χ2n) is 4.96.